The molecule has 0 fully saturated rings. The molecule has 3 nitrogen and oxygen atoms in total. The van der Waals surface area contributed by atoms with E-state index >= 15 is 0 Å². The average molecular weight is 208 g/mol. The molecule has 0 bridgehead atoms. The maximum absolute atomic E-state index is 11.9. The first-order chi connectivity index (χ1) is 6.39. The lowest BCUT2D eigenvalue weighted by molar-refractivity contribution is -0.205. The average Bonchev–Trinajstić information content (AvgIpc) is 2.45. The van der Waals surface area contributed by atoms with Crippen molar-refractivity contribution in [3.8, 4) is 0 Å². The Balaban J connectivity index is 2.41. The van der Waals surface area contributed by atoms with E-state index < -0.39 is 12.3 Å². The summed E-state index contributed by atoms with van der Waals surface area (Å²) in [6, 6.07) is 0. The van der Waals surface area contributed by atoms with Gasteiger partial charge < -0.3 is 5.11 Å². The molecule has 0 aliphatic heterocycles. The lowest BCUT2D eigenvalue weighted by Gasteiger charge is -2.13. The molecule has 1 N–H and O–H groups in total. The Hall–Kier alpha value is -1.04. The van der Waals surface area contributed by atoms with Crippen LogP contribution in [0.1, 0.15) is 12.0 Å². The van der Waals surface area contributed by atoms with Crippen LogP contribution in [0.3, 0.4) is 0 Å². The summed E-state index contributed by atoms with van der Waals surface area (Å²) in [6.45, 7) is 0. The predicted octanol–water partition coefficient (Wildman–Crippen LogP) is 1.28. The minimum absolute atomic E-state index is 0.175. The molecule has 14 heavy (non-hydrogen) atoms. The van der Waals surface area contributed by atoms with Gasteiger partial charge in [0.25, 0.3) is 0 Å². The molecule has 0 saturated heterocycles. The van der Waals surface area contributed by atoms with E-state index in [2.05, 4.69) is 5.10 Å². The number of hydrogen-bond donors (Lipinski definition) is 1. The molecule has 0 radical (unpaired) electrons. The number of nitrogens with zero attached hydrogens (tertiary/aromatic N) is 2. The molecular weight excluding hydrogens is 197 g/mol. The summed E-state index contributed by atoms with van der Waals surface area (Å²) in [5, 5.41) is 12.5. The Labute approximate surface area is 79.2 Å². The second kappa shape index (κ2) is 4.00. The molecule has 0 spiro atoms. The molecule has 1 atom stereocenters. The van der Waals surface area contributed by atoms with E-state index in [1.807, 2.05) is 0 Å². The van der Waals surface area contributed by atoms with Crippen LogP contribution in [0.4, 0.5) is 13.2 Å². The van der Waals surface area contributed by atoms with Crippen molar-refractivity contribution in [1.82, 2.24) is 9.78 Å². The normalized spacial score (nSPS) is 14.4. The third-order valence-corrected chi connectivity index (χ3v) is 1.84. The van der Waals surface area contributed by atoms with Gasteiger partial charge in [-0.3, -0.25) is 4.68 Å². The Morgan fingerprint density at radius 3 is 2.64 bits per heavy atom. The standard InChI is InChI=1S/C8H11F3N2O/c1-13-5-6(4-12-13)2-3-7(14)8(9,10)11/h4-5,7,14H,2-3H2,1H3/t7-/m1/s1. The van der Waals surface area contributed by atoms with E-state index in [9.17, 15) is 13.2 Å². The molecule has 80 valence electrons. The van der Waals surface area contributed by atoms with Crippen LogP contribution in [0.2, 0.25) is 0 Å². The van der Waals surface area contributed by atoms with Crippen LogP contribution >= 0.6 is 0 Å². The largest absolute Gasteiger partial charge is 0.414 e. The summed E-state index contributed by atoms with van der Waals surface area (Å²) in [5.41, 5.74) is 0.691. The second-order valence-corrected chi connectivity index (χ2v) is 3.12. The first-order valence-electron chi connectivity index (χ1n) is 4.12. The molecule has 0 unspecified atom stereocenters. The van der Waals surface area contributed by atoms with Crippen LogP contribution in [-0.2, 0) is 13.5 Å². The van der Waals surface area contributed by atoms with Gasteiger partial charge in [-0.05, 0) is 18.4 Å². The highest BCUT2D eigenvalue weighted by atomic mass is 19.4. The Morgan fingerprint density at radius 1 is 1.57 bits per heavy atom. The van der Waals surface area contributed by atoms with Gasteiger partial charge in [0, 0.05) is 13.2 Å². The second-order valence-electron chi connectivity index (χ2n) is 3.12. The maximum Gasteiger partial charge on any atom is 0.414 e. The maximum atomic E-state index is 11.9. The van der Waals surface area contributed by atoms with Gasteiger partial charge in [-0.2, -0.15) is 18.3 Å². The quantitative estimate of drug-likeness (QED) is 0.812. The molecule has 6 heteroatoms. The summed E-state index contributed by atoms with van der Waals surface area (Å²) < 4.78 is 37.2. The van der Waals surface area contributed by atoms with Crippen molar-refractivity contribution in [2.75, 3.05) is 0 Å². The van der Waals surface area contributed by atoms with Gasteiger partial charge in [-0.15, -0.1) is 0 Å². The highest BCUT2D eigenvalue weighted by Crippen LogP contribution is 2.23. The molecule has 0 aliphatic rings. The summed E-state index contributed by atoms with van der Waals surface area (Å²) >= 11 is 0. The summed E-state index contributed by atoms with van der Waals surface area (Å²) in [5.74, 6) is 0. The predicted molar refractivity (Wildman–Crippen MR) is 43.6 cm³/mol. The number of aryl methyl sites for hydroxylation is 2. The first-order valence-corrected chi connectivity index (χ1v) is 4.12. The number of alkyl halides is 3. The van der Waals surface area contributed by atoms with Gasteiger partial charge in [0.05, 0.1) is 6.20 Å². The molecule has 1 aromatic heterocycles. The molecule has 0 amide bonds. The zero-order valence-corrected chi connectivity index (χ0v) is 7.62. The molecule has 0 aromatic carbocycles. The zero-order chi connectivity index (χ0) is 10.8. The van der Waals surface area contributed by atoms with Gasteiger partial charge in [-0.25, -0.2) is 0 Å². The molecular formula is C8H11F3N2O. The fourth-order valence-corrected chi connectivity index (χ4v) is 1.07. The number of rotatable bonds is 3. The van der Waals surface area contributed by atoms with Crippen LogP contribution in [-0.4, -0.2) is 27.2 Å². The van der Waals surface area contributed by atoms with E-state index in [0.717, 1.165) is 0 Å². The topological polar surface area (TPSA) is 38.0 Å². The summed E-state index contributed by atoms with van der Waals surface area (Å²) in [6.07, 6.45) is -3.80. The number of hydrogen-bond acceptors (Lipinski definition) is 2. The Bertz CT molecular complexity index is 295. The van der Waals surface area contributed by atoms with E-state index in [0.29, 0.717) is 5.56 Å². The number of aliphatic hydroxyl groups excluding tert-OH is 1. The number of aromatic nitrogens is 2. The summed E-state index contributed by atoms with van der Waals surface area (Å²) in [4.78, 5) is 0. The molecule has 1 aromatic rings. The zero-order valence-electron chi connectivity index (χ0n) is 7.62. The van der Waals surface area contributed by atoms with Crippen molar-refractivity contribution in [3.63, 3.8) is 0 Å². The molecule has 0 saturated carbocycles. The van der Waals surface area contributed by atoms with Crippen LogP contribution in [0.25, 0.3) is 0 Å². The molecule has 0 aliphatic carbocycles. The highest BCUT2D eigenvalue weighted by Gasteiger charge is 2.37. The minimum Gasteiger partial charge on any atom is -0.384 e. The van der Waals surface area contributed by atoms with Crippen molar-refractivity contribution in [2.45, 2.75) is 25.1 Å². The number of halogens is 3. The first kappa shape index (κ1) is 11.0. The Morgan fingerprint density at radius 2 is 2.21 bits per heavy atom. The monoisotopic (exact) mass is 208 g/mol. The van der Waals surface area contributed by atoms with Gasteiger partial charge in [-0.1, -0.05) is 0 Å². The van der Waals surface area contributed by atoms with E-state index in [-0.39, 0.29) is 12.8 Å². The van der Waals surface area contributed by atoms with Crippen molar-refractivity contribution in [3.05, 3.63) is 18.0 Å². The van der Waals surface area contributed by atoms with Gasteiger partial charge in [0.1, 0.15) is 6.10 Å². The van der Waals surface area contributed by atoms with Crippen LogP contribution < -0.4 is 0 Å². The Kier molecular flexibility index (Phi) is 3.15. The lowest BCUT2D eigenvalue weighted by atomic mass is 10.1. The van der Waals surface area contributed by atoms with E-state index in [1.165, 1.54) is 10.9 Å². The summed E-state index contributed by atoms with van der Waals surface area (Å²) in [7, 11) is 1.68. The smallest absolute Gasteiger partial charge is 0.384 e. The third kappa shape index (κ3) is 3.02. The highest BCUT2D eigenvalue weighted by molar-refractivity contribution is 5.03. The minimum atomic E-state index is -4.53. The van der Waals surface area contributed by atoms with Gasteiger partial charge >= 0.3 is 6.18 Å². The van der Waals surface area contributed by atoms with E-state index in [1.54, 1.807) is 13.2 Å². The van der Waals surface area contributed by atoms with Crippen LogP contribution in [0.15, 0.2) is 12.4 Å². The van der Waals surface area contributed by atoms with Crippen molar-refractivity contribution >= 4 is 0 Å². The fraction of sp³-hybridized carbons (Fsp3) is 0.625. The SMILES string of the molecule is Cn1cc(CC[C@@H](O)C(F)(F)F)cn1. The molecule has 1 rings (SSSR count). The number of aliphatic hydroxyl groups is 1. The van der Waals surface area contributed by atoms with Crippen LogP contribution in [0.5, 0.6) is 0 Å². The van der Waals surface area contributed by atoms with E-state index in [4.69, 9.17) is 5.11 Å². The van der Waals surface area contributed by atoms with Crippen LogP contribution in [0, 0.1) is 0 Å². The van der Waals surface area contributed by atoms with Gasteiger partial charge in [0.15, 0.2) is 0 Å². The molecule has 1 heterocycles. The van der Waals surface area contributed by atoms with Gasteiger partial charge in [0.2, 0.25) is 0 Å². The fourth-order valence-electron chi connectivity index (χ4n) is 1.07. The van der Waals surface area contributed by atoms with Crippen molar-refractivity contribution < 1.29 is 18.3 Å². The van der Waals surface area contributed by atoms with Crippen molar-refractivity contribution in [1.29, 1.82) is 0 Å². The van der Waals surface area contributed by atoms with Crippen molar-refractivity contribution in [2.24, 2.45) is 7.05 Å². The third-order valence-electron chi connectivity index (χ3n) is 1.84. The lowest BCUT2D eigenvalue weighted by Crippen LogP contribution is -2.28.